The van der Waals surface area contributed by atoms with Crippen LogP contribution in [0.15, 0.2) is 20.1 Å². The van der Waals surface area contributed by atoms with Crippen LogP contribution in [0.4, 0.5) is 0 Å². The van der Waals surface area contributed by atoms with Crippen molar-refractivity contribution >= 4 is 49.7 Å². The van der Waals surface area contributed by atoms with Gasteiger partial charge >= 0.3 is 0 Å². The molecule has 4 nitrogen and oxygen atoms in total. The molecule has 0 bridgehead atoms. The van der Waals surface area contributed by atoms with Crippen LogP contribution in [0.2, 0.25) is 0 Å². The Bertz CT molecular complexity index is 443. The van der Waals surface area contributed by atoms with Crippen LogP contribution in [0.25, 0.3) is 0 Å². The molecule has 2 heterocycles. The summed E-state index contributed by atoms with van der Waals surface area (Å²) in [6.45, 7) is 2.56. The van der Waals surface area contributed by atoms with Gasteiger partial charge in [-0.05, 0) is 28.1 Å². The van der Waals surface area contributed by atoms with Gasteiger partial charge in [-0.1, -0.05) is 0 Å². The highest BCUT2D eigenvalue weighted by atomic mass is 79.9. The van der Waals surface area contributed by atoms with Gasteiger partial charge in [-0.3, -0.25) is 0 Å². The molecule has 0 unspecified atom stereocenters. The summed E-state index contributed by atoms with van der Waals surface area (Å²) >= 11 is 4.53. The van der Waals surface area contributed by atoms with Crippen LogP contribution >= 0.6 is 39.7 Å². The molecule has 0 saturated carbocycles. The van der Waals surface area contributed by atoms with E-state index in [9.17, 15) is 8.42 Å². The molecule has 0 spiro atoms. The fourth-order valence-corrected chi connectivity index (χ4v) is 5.05. The highest BCUT2D eigenvalue weighted by Crippen LogP contribution is 2.28. The molecule has 8 heteroatoms. The van der Waals surface area contributed by atoms with Gasteiger partial charge in [-0.2, -0.15) is 4.31 Å². The van der Waals surface area contributed by atoms with Crippen molar-refractivity contribution in [2.75, 3.05) is 26.2 Å². The summed E-state index contributed by atoms with van der Waals surface area (Å²) in [7, 11) is -3.26. The first-order valence-corrected chi connectivity index (χ1v) is 7.62. The third-order valence-corrected chi connectivity index (χ3v) is 6.21. The third kappa shape index (κ3) is 2.96. The van der Waals surface area contributed by atoms with Gasteiger partial charge in [-0.25, -0.2) is 8.42 Å². The van der Waals surface area contributed by atoms with Crippen molar-refractivity contribution in [1.29, 1.82) is 0 Å². The molecule has 1 saturated heterocycles. The molecule has 0 aliphatic carbocycles. The van der Waals surface area contributed by atoms with E-state index >= 15 is 0 Å². The molecule has 2 rings (SSSR count). The SMILES string of the molecule is Cl.O=S(=O)(c1ccc(Br)s1)N1CCNCC1. The Morgan fingerprint density at radius 1 is 1.31 bits per heavy atom. The third-order valence-electron chi connectivity index (χ3n) is 2.22. The Hall–Kier alpha value is 0.340. The zero-order valence-electron chi connectivity index (χ0n) is 8.35. The van der Waals surface area contributed by atoms with Crippen molar-refractivity contribution in [2.45, 2.75) is 4.21 Å². The molecule has 0 amide bonds. The summed E-state index contributed by atoms with van der Waals surface area (Å²) in [5.41, 5.74) is 0. The Morgan fingerprint density at radius 2 is 1.94 bits per heavy atom. The topological polar surface area (TPSA) is 49.4 Å². The maximum Gasteiger partial charge on any atom is 0.252 e. The molecule has 1 aromatic rings. The molecule has 0 radical (unpaired) electrons. The second kappa shape index (κ2) is 5.79. The van der Waals surface area contributed by atoms with Gasteiger partial charge < -0.3 is 5.32 Å². The number of hydrogen-bond donors (Lipinski definition) is 1. The lowest BCUT2D eigenvalue weighted by molar-refractivity contribution is 0.361. The number of halogens is 2. The number of thiophene rings is 1. The van der Waals surface area contributed by atoms with Crippen LogP contribution in [0.1, 0.15) is 0 Å². The van der Waals surface area contributed by atoms with Crippen LogP contribution in [0.5, 0.6) is 0 Å². The van der Waals surface area contributed by atoms with Crippen LogP contribution in [0, 0.1) is 0 Å². The van der Waals surface area contributed by atoms with E-state index < -0.39 is 10.0 Å². The van der Waals surface area contributed by atoms with E-state index in [2.05, 4.69) is 21.2 Å². The lowest BCUT2D eigenvalue weighted by atomic mass is 10.4. The molecule has 0 aromatic carbocycles. The fourth-order valence-electron chi connectivity index (χ4n) is 1.45. The van der Waals surface area contributed by atoms with E-state index in [1.807, 2.05) is 0 Å². The first-order valence-electron chi connectivity index (χ1n) is 4.57. The number of nitrogens with zero attached hydrogens (tertiary/aromatic N) is 1. The molecule has 1 aromatic heterocycles. The monoisotopic (exact) mass is 346 g/mol. The molecule has 1 fully saturated rings. The lowest BCUT2D eigenvalue weighted by Gasteiger charge is -2.25. The van der Waals surface area contributed by atoms with Crippen molar-refractivity contribution < 1.29 is 8.42 Å². The van der Waals surface area contributed by atoms with Gasteiger partial charge in [0.1, 0.15) is 4.21 Å². The number of piperazine rings is 1. The molecule has 1 N–H and O–H groups in total. The predicted octanol–water partition coefficient (Wildman–Crippen LogP) is 1.53. The smallest absolute Gasteiger partial charge is 0.252 e. The van der Waals surface area contributed by atoms with Crippen LogP contribution < -0.4 is 5.32 Å². The van der Waals surface area contributed by atoms with Crippen LogP contribution in [-0.2, 0) is 10.0 Å². The average Bonchev–Trinajstić information content (AvgIpc) is 2.67. The molecule has 1 aliphatic rings. The first kappa shape index (κ1) is 14.4. The van der Waals surface area contributed by atoms with Gasteiger partial charge in [0.2, 0.25) is 0 Å². The van der Waals surface area contributed by atoms with Gasteiger partial charge in [0.25, 0.3) is 10.0 Å². The fraction of sp³-hybridized carbons (Fsp3) is 0.500. The Kier molecular flexibility index (Phi) is 5.21. The summed E-state index contributed by atoms with van der Waals surface area (Å²) < 4.78 is 27.0. The zero-order chi connectivity index (χ0) is 10.9. The minimum absolute atomic E-state index is 0. The molecule has 92 valence electrons. The maximum absolute atomic E-state index is 12.1. The standard InChI is InChI=1S/C8H11BrN2O2S2.ClH/c9-7-1-2-8(14-7)15(12,13)11-5-3-10-4-6-11;/h1-2,10H,3-6H2;1H. The normalized spacial score (nSPS) is 18.1. The Balaban J connectivity index is 0.00000128. The molecule has 1 aliphatic heterocycles. The van der Waals surface area contributed by atoms with E-state index in [0.29, 0.717) is 17.3 Å². The average molecular weight is 348 g/mol. The summed E-state index contributed by atoms with van der Waals surface area (Å²) in [5, 5.41) is 3.13. The van der Waals surface area contributed by atoms with Gasteiger partial charge in [-0.15, -0.1) is 23.7 Å². The van der Waals surface area contributed by atoms with Gasteiger partial charge in [0, 0.05) is 26.2 Å². The van der Waals surface area contributed by atoms with E-state index in [1.54, 1.807) is 12.1 Å². The maximum atomic E-state index is 12.1. The minimum Gasteiger partial charge on any atom is -0.314 e. The minimum atomic E-state index is -3.26. The number of rotatable bonds is 2. The van der Waals surface area contributed by atoms with Crippen LogP contribution in [-0.4, -0.2) is 38.9 Å². The van der Waals surface area contributed by atoms with Crippen molar-refractivity contribution in [2.24, 2.45) is 0 Å². The molecule has 16 heavy (non-hydrogen) atoms. The zero-order valence-corrected chi connectivity index (χ0v) is 12.4. The quantitative estimate of drug-likeness (QED) is 0.882. The van der Waals surface area contributed by atoms with Gasteiger partial charge in [0.15, 0.2) is 0 Å². The molecular formula is C8H12BrClN2O2S2. The largest absolute Gasteiger partial charge is 0.314 e. The van der Waals surface area contributed by atoms with Crippen LogP contribution in [0.3, 0.4) is 0 Å². The van der Waals surface area contributed by atoms with E-state index in [0.717, 1.165) is 16.9 Å². The second-order valence-corrected chi connectivity index (χ2v) is 7.84. The Morgan fingerprint density at radius 3 is 2.44 bits per heavy atom. The highest BCUT2D eigenvalue weighted by Gasteiger charge is 2.26. The highest BCUT2D eigenvalue weighted by molar-refractivity contribution is 9.11. The molecular weight excluding hydrogens is 336 g/mol. The van der Waals surface area contributed by atoms with Crippen molar-refractivity contribution in [1.82, 2.24) is 9.62 Å². The first-order chi connectivity index (χ1) is 7.10. The van der Waals surface area contributed by atoms with Gasteiger partial charge in [0.05, 0.1) is 3.79 Å². The number of hydrogen-bond acceptors (Lipinski definition) is 4. The second-order valence-electron chi connectivity index (χ2n) is 3.21. The van der Waals surface area contributed by atoms with E-state index in [4.69, 9.17) is 0 Å². The number of nitrogens with one attached hydrogen (secondary N) is 1. The molecule has 0 atom stereocenters. The summed E-state index contributed by atoms with van der Waals surface area (Å²) in [4.78, 5) is 0. The Labute approximate surface area is 114 Å². The van der Waals surface area contributed by atoms with E-state index in [1.165, 1.54) is 15.6 Å². The summed E-state index contributed by atoms with van der Waals surface area (Å²) in [6.07, 6.45) is 0. The predicted molar refractivity (Wildman–Crippen MR) is 70.9 cm³/mol. The summed E-state index contributed by atoms with van der Waals surface area (Å²) in [5.74, 6) is 0. The van der Waals surface area contributed by atoms with Crippen molar-refractivity contribution in [3.8, 4) is 0 Å². The lowest BCUT2D eigenvalue weighted by Crippen LogP contribution is -2.46. The van der Waals surface area contributed by atoms with Crippen molar-refractivity contribution in [3.63, 3.8) is 0 Å². The van der Waals surface area contributed by atoms with E-state index in [-0.39, 0.29) is 12.4 Å². The number of sulfonamides is 1. The summed E-state index contributed by atoms with van der Waals surface area (Å²) in [6, 6.07) is 3.41. The van der Waals surface area contributed by atoms with Crippen molar-refractivity contribution in [3.05, 3.63) is 15.9 Å².